The van der Waals surface area contributed by atoms with E-state index in [1.54, 1.807) is 0 Å². The Morgan fingerprint density at radius 3 is 3.00 bits per heavy atom. The largest absolute Gasteiger partial charge is 0.399 e. The molecule has 2 fully saturated rings. The summed E-state index contributed by atoms with van der Waals surface area (Å²) in [5.74, 6) is 0.990. The van der Waals surface area contributed by atoms with Crippen LogP contribution in [-0.4, -0.2) is 35.1 Å². The van der Waals surface area contributed by atoms with E-state index < -0.39 is 0 Å². The Hall–Kier alpha value is -1.81. The fraction of sp³-hybridized carbons (Fsp3) is 0.471. The number of rotatable bonds is 2. The number of hydrogen-bond acceptors (Lipinski definition) is 4. The highest BCUT2D eigenvalue weighted by atomic mass is 15.2. The second kappa shape index (κ2) is 5.19. The van der Waals surface area contributed by atoms with Crippen LogP contribution in [0.5, 0.6) is 0 Å². The molecule has 1 aromatic heterocycles. The van der Waals surface area contributed by atoms with E-state index in [0.29, 0.717) is 12.1 Å². The van der Waals surface area contributed by atoms with E-state index in [1.165, 1.54) is 38.8 Å². The molecule has 0 spiro atoms. The van der Waals surface area contributed by atoms with Crippen molar-refractivity contribution >= 4 is 22.4 Å². The van der Waals surface area contributed by atoms with Gasteiger partial charge in [0.15, 0.2) is 0 Å². The summed E-state index contributed by atoms with van der Waals surface area (Å²) < 4.78 is 0. The third-order valence-electron chi connectivity index (χ3n) is 4.90. The van der Waals surface area contributed by atoms with Gasteiger partial charge in [0.05, 0.1) is 5.52 Å². The van der Waals surface area contributed by atoms with Crippen molar-refractivity contribution in [2.45, 2.75) is 37.8 Å². The van der Waals surface area contributed by atoms with Crippen molar-refractivity contribution in [3.05, 3.63) is 30.3 Å². The molecule has 0 aliphatic carbocycles. The first-order valence-corrected chi connectivity index (χ1v) is 7.96. The number of hydrogen-bond donors (Lipinski definition) is 2. The molecule has 21 heavy (non-hydrogen) atoms. The third kappa shape index (κ3) is 2.44. The van der Waals surface area contributed by atoms with E-state index >= 15 is 0 Å². The van der Waals surface area contributed by atoms with E-state index in [4.69, 9.17) is 10.7 Å². The van der Waals surface area contributed by atoms with Crippen molar-refractivity contribution in [3.8, 4) is 0 Å². The van der Waals surface area contributed by atoms with Crippen LogP contribution >= 0.6 is 0 Å². The minimum absolute atomic E-state index is 0.545. The van der Waals surface area contributed by atoms with E-state index in [9.17, 15) is 0 Å². The molecule has 4 heteroatoms. The lowest BCUT2D eigenvalue weighted by Gasteiger charge is -2.32. The lowest BCUT2D eigenvalue weighted by molar-refractivity contribution is 0.192. The van der Waals surface area contributed by atoms with Crippen molar-refractivity contribution in [2.24, 2.45) is 0 Å². The Kier molecular flexibility index (Phi) is 3.19. The lowest BCUT2D eigenvalue weighted by atomic mass is 9.99. The predicted molar refractivity (Wildman–Crippen MR) is 87.4 cm³/mol. The zero-order valence-electron chi connectivity index (χ0n) is 12.3. The van der Waals surface area contributed by atoms with Gasteiger partial charge in [0, 0.05) is 29.7 Å². The van der Waals surface area contributed by atoms with Gasteiger partial charge in [0.1, 0.15) is 5.82 Å². The summed E-state index contributed by atoms with van der Waals surface area (Å²) >= 11 is 0. The normalized spacial score (nSPS) is 25.9. The van der Waals surface area contributed by atoms with Gasteiger partial charge in [-0.1, -0.05) is 6.42 Å². The van der Waals surface area contributed by atoms with Crippen LogP contribution in [0.3, 0.4) is 0 Å². The van der Waals surface area contributed by atoms with Crippen LogP contribution < -0.4 is 11.1 Å². The highest BCUT2D eigenvalue weighted by Gasteiger charge is 2.35. The average Bonchev–Trinajstić information content (AvgIpc) is 2.91. The van der Waals surface area contributed by atoms with E-state index in [1.807, 2.05) is 18.2 Å². The first-order valence-electron chi connectivity index (χ1n) is 7.96. The van der Waals surface area contributed by atoms with Crippen molar-refractivity contribution < 1.29 is 0 Å². The third-order valence-corrected chi connectivity index (χ3v) is 4.90. The topological polar surface area (TPSA) is 54.2 Å². The maximum atomic E-state index is 5.82. The van der Waals surface area contributed by atoms with E-state index in [0.717, 1.165) is 22.4 Å². The fourth-order valence-corrected chi connectivity index (χ4v) is 3.83. The molecule has 3 heterocycles. The Labute approximate surface area is 125 Å². The van der Waals surface area contributed by atoms with Crippen molar-refractivity contribution in [1.82, 2.24) is 9.88 Å². The molecule has 3 N–H and O–H groups in total. The van der Waals surface area contributed by atoms with Crippen LogP contribution in [0, 0.1) is 0 Å². The summed E-state index contributed by atoms with van der Waals surface area (Å²) in [7, 11) is 0. The van der Waals surface area contributed by atoms with Gasteiger partial charge < -0.3 is 11.1 Å². The fourth-order valence-electron chi connectivity index (χ4n) is 3.83. The van der Waals surface area contributed by atoms with Crippen LogP contribution in [0.25, 0.3) is 10.9 Å². The second-order valence-corrected chi connectivity index (χ2v) is 6.29. The molecule has 0 saturated carbocycles. The summed E-state index contributed by atoms with van der Waals surface area (Å²) in [6, 6.07) is 11.3. The number of nitrogens with zero attached hydrogens (tertiary/aromatic N) is 2. The highest BCUT2D eigenvalue weighted by molar-refractivity contribution is 5.83. The number of nitrogens with two attached hydrogens (primary N) is 1. The van der Waals surface area contributed by atoms with Crippen LogP contribution in [0.1, 0.15) is 25.7 Å². The predicted octanol–water partition coefficient (Wildman–Crippen LogP) is 2.86. The number of aromatic nitrogens is 1. The Morgan fingerprint density at radius 2 is 2.05 bits per heavy atom. The number of nitrogens with one attached hydrogen (secondary N) is 1. The molecular formula is C17H22N4. The molecule has 1 aromatic carbocycles. The first-order chi connectivity index (χ1) is 10.3. The van der Waals surface area contributed by atoms with Gasteiger partial charge in [-0.2, -0.15) is 0 Å². The summed E-state index contributed by atoms with van der Waals surface area (Å²) in [6.07, 6.45) is 5.27. The van der Waals surface area contributed by atoms with Gasteiger partial charge in [-0.15, -0.1) is 0 Å². The average molecular weight is 282 g/mol. The maximum Gasteiger partial charge on any atom is 0.126 e. The summed E-state index contributed by atoms with van der Waals surface area (Å²) in [6.45, 7) is 2.50. The van der Waals surface area contributed by atoms with E-state index in [2.05, 4.69) is 22.3 Å². The molecule has 2 atom stereocenters. The second-order valence-electron chi connectivity index (χ2n) is 6.29. The minimum atomic E-state index is 0.545. The molecule has 2 aromatic rings. The molecule has 110 valence electrons. The maximum absolute atomic E-state index is 5.82. The quantitative estimate of drug-likeness (QED) is 0.832. The summed E-state index contributed by atoms with van der Waals surface area (Å²) in [5, 5.41) is 4.77. The van der Waals surface area contributed by atoms with Gasteiger partial charge >= 0.3 is 0 Å². The standard InChI is InChI=1S/C17H22N4/c18-13-5-6-14-12(11-13)4-7-17(19-14)20-15-8-10-21-9-2-1-3-16(15)21/h4-7,11,15-16H,1-3,8-10,18H2,(H,19,20). The SMILES string of the molecule is Nc1ccc2nc(NC3CCN4CCCCC34)ccc2c1. The lowest BCUT2D eigenvalue weighted by Crippen LogP contribution is -2.41. The van der Waals surface area contributed by atoms with E-state index in [-0.39, 0.29) is 0 Å². The number of nitrogen functional groups attached to an aromatic ring is 1. The van der Waals surface area contributed by atoms with Gasteiger partial charge in [0.2, 0.25) is 0 Å². The Bertz CT molecular complexity index is 654. The van der Waals surface area contributed by atoms with Crippen molar-refractivity contribution in [1.29, 1.82) is 0 Å². The molecule has 2 saturated heterocycles. The molecule has 0 amide bonds. The molecule has 2 aliphatic heterocycles. The number of piperidine rings is 1. The molecule has 4 rings (SSSR count). The minimum Gasteiger partial charge on any atom is -0.399 e. The summed E-state index contributed by atoms with van der Waals surface area (Å²) in [4.78, 5) is 7.37. The monoisotopic (exact) mass is 282 g/mol. The zero-order valence-corrected chi connectivity index (χ0v) is 12.3. The number of pyridine rings is 1. The van der Waals surface area contributed by atoms with Gasteiger partial charge in [-0.25, -0.2) is 4.98 Å². The molecular weight excluding hydrogens is 260 g/mol. The van der Waals surface area contributed by atoms with Crippen LogP contribution in [0.2, 0.25) is 0 Å². The van der Waals surface area contributed by atoms with Gasteiger partial charge in [0.25, 0.3) is 0 Å². The molecule has 0 radical (unpaired) electrons. The smallest absolute Gasteiger partial charge is 0.126 e. The van der Waals surface area contributed by atoms with Crippen molar-refractivity contribution in [3.63, 3.8) is 0 Å². The number of fused-ring (bicyclic) bond motifs is 2. The van der Waals surface area contributed by atoms with Crippen LogP contribution in [0.15, 0.2) is 30.3 Å². The molecule has 2 aliphatic rings. The first kappa shape index (κ1) is 12.9. The molecule has 0 bridgehead atoms. The van der Waals surface area contributed by atoms with Crippen molar-refractivity contribution in [2.75, 3.05) is 24.1 Å². The van der Waals surface area contributed by atoms with Crippen LogP contribution in [-0.2, 0) is 0 Å². The molecule has 4 nitrogen and oxygen atoms in total. The van der Waals surface area contributed by atoms with Crippen LogP contribution in [0.4, 0.5) is 11.5 Å². The zero-order chi connectivity index (χ0) is 14.2. The highest BCUT2D eigenvalue weighted by Crippen LogP contribution is 2.29. The molecule has 2 unspecified atom stereocenters. The number of benzene rings is 1. The Balaban J connectivity index is 1.55. The van der Waals surface area contributed by atoms with Gasteiger partial charge in [-0.05, 0) is 56.1 Å². The van der Waals surface area contributed by atoms with Gasteiger partial charge in [-0.3, -0.25) is 4.90 Å². The summed E-state index contributed by atoms with van der Waals surface area (Å²) in [5.41, 5.74) is 7.62. The number of anilines is 2. The Morgan fingerprint density at radius 1 is 1.10 bits per heavy atom.